The average molecular weight is 506 g/mol. The van der Waals surface area contributed by atoms with Crippen molar-refractivity contribution in [2.24, 2.45) is 0 Å². The van der Waals surface area contributed by atoms with Gasteiger partial charge in [-0.25, -0.2) is 14.6 Å². The van der Waals surface area contributed by atoms with Crippen LogP contribution in [0.3, 0.4) is 0 Å². The number of carboxylic acids is 1. The van der Waals surface area contributed by atoms with Crippen LogP contribution in [-0.4, -0.2) is 59.3 Å². The summed E-state index contributed by atoms with van der Waals surface area (Å²) in [5.41, 5.74) is 1.07. The van der Waals surface area contributed by atoms with Gasteiger partial charge in [0, 0.05) is 18.8 Å². The lowest BCUT2D eigenvalue weighted by Gasteiger charge is -2.41. The Morgan fingerprint density at radius 3 is 2.42 bits per heavy atom. The fourth-order valence-corrected chi connectivity index (χ4v) is 4.38. The number of alkyl halides is 2. The molecule has 2 heterocycles. The van der Waals surface area contributed by atoms with Crippen molar-refractivity contribution in [3.63, 3.8) is 0 Å². The first-order valence-corrected chi connectivity index (χ1v) is 11.5. The van der Waals surface area contributed by atoms with E-state index >= 15 is 0 Å². The zero-order chi connectivity index (χ0) is 26.5. The van der Waals surface area contributed by atoms with E-state index in [2.05, 4.69) is 15.0 Å². The van der Waals surface area contributed by atoms with Gasteiger partial charge in [-0.1, -0.05) is 38.1 Å². The van der Waals surface area contributed by atoms with Gasteiger partial charge in [-0.05, 0) is 48.9 Å². The minimum Gasteiger partial charge on any atom is -0.479 e. The number of aryl methyl sites for hydroxylation is 1. The molecule has 2 N–H and O–H groups in total. The number of carboxylic acid groups (broad SMARTS) is 1. The van der Waals surface area contributed by atoms with Crippen molar-refractivity contribution >= 4 is 23.7 Å². The number of likely N-dealkylation sites (tertiary alicyclic amines) is 1. The average Bonchev–Trinajstić information content (AvgIpc) is 2.83. The summed E-state index contributed by atoms with van der Waals surface area (Å²) >= 11 is 0. The van der Waals surface area contributed by atoms with Crippen molar-refractivity contribution in [1.82, 2.24) is 9.88 Å². The van der Waals surface area contributed by atoms with E-state index in [0.717, 1.165) is 11.1 Å². The Bertz CT molecular complexity index is 1120. The van der Waals surface area contributed by atoms with E-state index in [1.54, 1.807) is 13.0 Å². The highest BCUT2D eigenvalue weighted by molar-refractivity contribution is 6.00. The molecule has 0 radical (unpaired) electrons. The monoisotopic (exact) mass is 505 g/mol. The number of hydrogen-bond donors (Lipinski definition) is 2. The molecule has 1 aromatic heterocycles. The molecule has 1 fully saturated rings. The number of carbonyl (C=O) groups is 3. The number of amides is 2. The van der Waals surface area contributed by atoms with Gasteiger partial charge in [-0.2, -0.15) is 8.78 Å². The van der Waals surface area contributed by atoms with Gasteiger partial charge in [0.2, 0.25) is 11.8 Å². The zero-order valence-electron chi connectivity index (χ0n) is 20.3. The van der Waals surface area contributed by atoms with Crippen LogP contribution in [0, 0.1) is 6.92 Å². The van der Waals surface area contributed by atoms with Crippen LogP contribution < -0.4 is 10.1 Å². The Morgan fingerprint density at radius 2 is 1.81 bits per heavy atom. The fraction of sp³-hybridized carbons (Fsp3) is 0.440. The number of benzene rings is 1. The lowest BCUT2D eigenvalue weighted by atomic mass is 9.69. The van der Waals surface area contributed by atoms with Crippen molar-refractivity contribution in [1.29, 1.82) is 0 Å². The first-order valence-electron chi connectivity index (χ1n) is 11.5. The molecule has 3 rings (SSSR count). The van der Waals surface area contributed by atoms with E-state index in [0.29, 0.717) is 5.69 Å². The van der Waals surface area contributed by atoms with Crippen LogP contribution in [0.5, 0.6) is 5.88 Å². The Hall–Kier alpha value is -3.76. The first-order chi connectivity index (χ1) is 17.0. The van der Waals surface area contributed by atoms with E-state index in [1.807, 2.05) is 38.1 Å². The molecule has 1 aliphatic rings. The molecule has 0 saturated carbocycles. The number of aliphatic carboxylic acids is 1. The summed E-state index contributed by atoms with van der Waals surface area (Å²) in [6.45, 7) is 2.00. The van der Waals surface area contributed by atoms with Gasteiger partial charge >= 0.3 is 18.7 Å². The summed E-state index contributed by atoms with van der Waals surface area (Å²) < 4.78 is 35.3. The molecule has 2 aromatic rings. The molecule has 1 aliphatic heterocycles. The minimum atomic E-state index is -3.12. The minimum absolute atomic E-state index is 0.00982. The van der Waals surface area contributed by atoms with E-state index in [4.69, 9.17) is 9.84 Å². The van der Waals surface area contributed by atoms with E-state index in [-0.39, 0.29) is 43.4 Å². The molecule has 0 bridgehead atoms. The van der Waals surface area contributed by atoms with Gasteiger partial charge in [0.15, 0.2) is 6.61 Å². The molecule has 11 heteroatoms. The SMILES string of the molecule is Cc1ccc(NC(=O)C2(c3ccccc3C(C)C)CCN(C(=O)OCC(=O)O)CC2)c(OC(F)F)n1. The quantitative estimate of drug-likeness (QED) is 0.549. The zero-order valence-corrected chi connectivity index (χ0v) is 20.3. The van der Waals surface area contributed by atoms with Crippen LogP contribution >= 0.6 is 0 Å². The maximum absolute atomic E-state index is 13.9. The third kappa shape index (κ3) is 6.07. The van der Waals surface area contributed by atoms with Crippen LogP contribution in [0.1, 0.15) is 49.4 Å². The Balaban J connectivity index is 1.95. The summed E-state index contributed by atoms with van der Waals surface area (Å²) in [5.74, 6) is -2.02. The number of rotatable bonds is 8. The highest BCUT2D eigenvalue weighted by Gasteiger charge is 2.45. The van der Waals surface area contributed by atoms with Crippen LogP contribution in [0.4, 0.5) is 19.3 Å². The Morgan fingerprint density at radius 1 is 1.14 bits per heavy atom. The molecule has 36 heavy (non-hydrogen) atoms. The van der Waals surface area contributed by atoms with Gasteiger partial charge in [0.25, 0.3) is 0 Å². The molecule has 9 nitrogen and oxygen atoms in total. The summed E-state index contributed by atoms with van der Waals surface area (Å²) in [6.07, 6.45) is -0.372. The van der Waals surface area contributed by atoms with E-state index in [9.17, 15) is 23.2 Å². The molecule has 0 aliphatic carbocycles. The van der Waals surface area contributed by atoms with Gasteiger partial charge in [0.1, 0.15) is 5.69 Å². The van der Waals surface area contributed by atoms with Crippen molar-refractivity contribution in [2.45, 2.75) is 51.6 Å². The number of halogens is 2. The van der Waals surface area contributed by atoms with Crippen LogP contribution in [0.25, 0.3) is 0 Å². The first kappa shape index (κ1) is 26.8. The number of nitrogens with one attached hydrogen (secondary N) is 1. The molecular formula is C25H29F2N3O6. The number of piperidine rings is 1. The highest BCUT2D eigenvalue weighted by atomic mass is 19.3. The van der Waals surface area contributed by atoms with Crippen molar-refractivity contribution in [3.8, 4) is 5.88 Å². The number of carbonyl (C=O) groups excluding carboxylic acids is 2. The van der Waals surface area contributed by atoms with E-state index in [1.165, 1.54) is 11.0 Å². The van der Waals surface area contributed by atoms with E-state index < -0.39 is 36.6 Å². The van der Waals surface area contributed by atoms with Crippen LogP contribution in [0.2, 0.25) is 0 Å². The molecule has 2 amide bonds. The predicted molar refractivity (Wildman–Crippen MR) is 126 cm³/mol. The smallest absolute Gasteiger partial charge is 0.410 e. The van der Waals surface area contributed by atoms with Gasteiger partial charge in [-0.15, -0.1) is 0 Å². The number of anilines is 1. The molecular weight excluding hydrogens is 476 g/mol. The van der Waals surface area contributed by atoms with Crippen LogP contribution in [-0.2, 0) is 19.7 Å². The van der Waals surface area contributed by atoms with Gasteiger partial charge in [0.05, 0.1) is 5.41 Å². The van der Waals surface area contributed by atoms with Gasteiger partial charge < -0.3 is 24.8 Å². The van der Waals surface area contributed by atoms with Crippen LogP contribution in [0.15, 0.2) is 36.4 Å². The third-order valence-corrected chi connectivity index (χ3v) is 6.18. The standard InChI is InChI=1S/C25H29F2N3O6/c1-15(2)17-6-4-5-7-18(17)25(10-12-30(13-11-25)24(34)35-14-20(31)32)22(33)29-19-9-8-16(3)28-21(19)36-23(26)27/h4-9,15,23H,10-14H2,1-3H3,(H,29,33)(H,31,32). The normalized spacial score (nSPS) is 15.0. The Kier molecular flexibility index (Phi) is 8.44. The van der Waals surface area contributed by atoms with Crippen molar-refractivity contribution in [2.75, 3.05) is 25.0 Å². The fourth-order valence-electron chi connectivity index (χ4n) is 4.38. The second-order valence-electron chi connectivity index (χ2n) is 8.90. The van der Waals surface area contributed by atoms with Crippen molar-refractivity contribution < 1.29 is 37.7 Å². The van der Waals surface area contributed by atoms with Crippen molar-refractivity contribution in [3.05, 3.63) is 53.2 Å². The molecule has 0 atom stereocenters. The predicted octanol–water partition coefficient (Wildman–Crippen LogP) is 4.31. The number of nitrogens with zero attached hydrogens (tertiary/aromatic N) is 2. The summed E-state index contributed by atoms with van der Waals surface area (Å²) in [4.78, 5) is 42.3. The molecule has 0 spiro atoms. The second-order valence-corrected chi connectivity index (χ2v) is 8.90. The maximum atomic E-state index is 13.9. The molecule has 194 valence electrons. The highest BCUT2D eigenvalue weighted by Crippen LogP contribution is 2.41. The number of pyridine rings is 1. The third-order valence-electron chi connectivity index (χ3n) is 6.18. The summed E-state index contributed by atoms with van der Waals surface area (Å²) in [7, 11) is 0. The number of ether oxygens (including phenoxy) is 2. The lowest BCUT2D eigenvalue weighted by molar-refractivity contribution is -0.140. The summed E-state index contributed by atoms with van der Waals surface area (Å²) in [6, 6.07) is 10.5. The maximum Gasteiger partial charge on any atom is 0.410 e. The second kappa shape index (κ2) is 11.3. The molecule has 1 aromatic carbocycles. The summed E-state index contributed by atoms with van der Waals surface area (Å²) in [5, 5.41) is 11.5. The number of hydrogen-bond acceptors (Lipinski definition) is 6. The van der Waals surface area contributed by atoms with Gasteiger partial charge in [-0.3, -0.25) is 4.79 Å². The molecule has 1 saturated heterocycles. The largest absolute Gasteiger partial charge is 0.479 e. The Labute approximate surface area is 207 Å². The number of aromatic nitrogens is 1. The topological polar surface area (TPSA) is 118 Å². The molecule has 0 unspecified atom stereocenters. The lowest BCUT2D eigenvalue weighted by Crippen LogP contribution is -2.51.